The van der Waals surface area contributed by atoms with E-state index in [1.807, 2.05) is 0 Å². The first kappa shape index (κ1) is 7.79. The summed E-state index contributed by atoms with van der Waals surface area (Å²) in [5.74, 6) is -1.15. The van der Waals surface area contributed by atoms with Gasteiger partial charge in [0.2, 0.25) is 0 Å². The average molecular weight is 126 g/mol. The lowest BCUT2D eigenvalue weighted by molar-refractivity contribution is -0.170. The van der Waals surface area contributed by atoms with E-state index in [1.165, 1.54) is 13.8 Å². The second kappa shape index (κ2) is 2.37. The molecule has 3 heteroatoms. The molecule has 0 bridgehead atoms. The maximum absolute atomic E-state index is 11.4. The van der Waals surface area contributed by atoms with Gasteiger partial charge in [-0.05, 0) is 6.42 Å². The van der Waals surface area contributed by atoms with Gasteiger partial charge in [0.05, 0.1) is 5.92 Å². The number of hydrogen-bond acceptors (Lipinski definition) is 0. The summed E-state index contributed by atoms with van der Waals surface area (Å²) in [6.45, 7) is 2.71. The van der Waals surface area contributed by atoms with Gasteiger partial charge in [-0.15, -0.1) is 0 Å². The van der Waals surface area contributed by atoms with Crippen LogP contribution in [0.15, 0.2) is 0 Å². The molecule has 50 valence electrons. The highest BCUT2D eigenvalue weighted by Crippen LogP contribution is 2.27. The van der Waals surface area contributed by atoms with Crippen LogP contribution in [0.1, 0.15) is 20.3 Å². The van der Waals surface area contributed by atoms with E-state index in [-0.39, 0.29) is 6.42 Å². The quantitative estimate of drug-likeness (QED) is 0.506. The number of rotatable bonds is 1. The van der Waals surface area contributed by atoms with Crippen LogP contribution in [-0.2, 0) is 0 Å². The molecule has 0 saturated carbocycles. The van der Waals surface area contributed by atoms with Gasteiger partial charge < -0.3 is 0 Å². The zero-order valence-electron chi connectivity index (χ0n) is 4.92. The fourth-order valence-corrected chi connectivity index (χ4v) is 0.231. The molecule has 0 aromatic rings. The van der Waals surface area contributed by atoms with Crippen molar-refractivity contribution < 1.29 is 13.2 Å². The topological polar surface area (TPSA) is 0 Å². The fraction of sp³-hybridized carbons (Fsp3) is 1.00. The standard InChI is InChI=1S/C5H9F3/c1-3-4(2)5(6,7)8/h4H,3H2,1-2H3/t4-/m0/s1. The minimum atomic E-state index is -3.99. The molecule has 1 atom stereocenters. The van der Waals surface area contributed by atoms with Crippen LogP contribution in [0.25, 0.3) is 0 Å². The van der Waals surface area contributed by atoms with Gasteiger partial charge in [-0.25, -0.2) is 0 Å². The Hall–Kier alpha value is -0.210. The van der Waals surface area contributed by atoms with Crippen molar-refractivity contribution in [2.75, 3.05) is 0 Å². The Morgan fingerprint density at radius 3 is 1.75 bits per heavy atom. The minimum Gasteiger partial charge on any atom is -0.171 e. The highest BCUT2D eigenvalue weighted by atomic mass is 19.4. The van der Waals surface area contributed by atoms with Crippen molar-refractivity contribution in [1.29, 1.82) is 0 Å². The molecular formula is C5H9F3. The van der Waals surface area contributed by atoms with Crippen LogP contribution in [0, 0.1) is 5.92 Å². The second-order valence-corrected chi connectivity index (χ2v) is 1.85. The third-order valence-electron chi connectivity index (χ3n) is 1.17. The normalized spacial score (nSPS) is 16.1. The maximum atomic E-state index is 11.4. The molecule has 0 spiro atoms. The van der Waals surface area contributed by atoms with E-state index in [0.717, 1.165) is 0 Å². The molecule has 0 aliphatic rings. The first-order valence-electron chi connectivity index (χ1n) is 2.55. The Balaban J connectivity index is 3.62. The average Bonchev–Trinajstić information content (AvgIpc) is 1.62. The van der Waals surface area contributed by atoms with Crippen molar-refractivity contribution in [2.24, 2.45) is 5.92 Å². The highest BCUT2D eigenvalue weighted by molar-refractivity contribution is 4.58. The van der Waals surface area contributed by atoms with Gasteiger partial charge in [0.15, 0.2) is 0 Å². The van der Waals surface area contributed by atoms with Gasteiger partial charge in [0, 0.05) is 0 Å². The lowest BCUT2D eigenvalue weighted by atomic mass is 10.1. The summed E-state index contributed by atoms with van der Waals surface area (Å²) in [5, 5.41) is 0. The molecule has 0 aromatic heterocycles. The molecule has 0 aromatic carbocycles. The van der Waals surface area contributed by atoms with E-state index < -0.39 is 12.1 Å². The zero-order chi connectivity index (χ0) is 6.78. The predicted molar refractivity (Wildman–Crippen MR) is 25.5 cm³/mol. The van der Waals surface area contributed by atoms with E-state index in [1.54, 1.807) is 0 Å². The second-order valence-electron chi connectivity index (χ2n) is 1.85. The molecule has 0 heterocycles. The lowest BCUT2D eigenvalue weighted by Gasteiger charge is -2.11. The van der Waals surface area contributed by atoms with Crippen LogP contribution in [-0.4, -0.2) is 6.18 Å². The molecule has 0 nitrogen and oxygen atoms in total. The van der Waals surface area contributed by atoms with Crippen molar-refractivity contribution in [3.63, 3.8) is 0 Å². The summed E-state index contributed by atoms with van der Waals surface area (Å²) in [5.41, 5.74) is 0. The third kappa shape index (κ3) is 2.19. The Morgan fingerprint density at radius 1 is 1.38 bits per heavy atom. The van der Waals surface area contributed by atoms with Crippen LogP contribution in [0.3, 0.4) is 0 Å². The van der Waals surface area contributed by atoms with Gasteiger partial charge >= 0.3 is 6.18 Å². The minimum absolute atomic E-state index is 0.170. The van der Waals surface area contributed by atoms with Gasteiger partial charge in [0.1, 0.15) is 0 Å². The Labute approximate surface area is 46.7 Å². The van der Waals surface area contributed by atoms with Crippen molar-refractivity contribution in [3.05, 3.63) is 0 Å². The molecule has 0 unspecified atom stereocenters. The fourth-order valence-electron chi connectivity index (χ4n) is 0.231. The van der Waals surface area contributed by atoms with E-state index in [2.05, 4.69) is 0 Å². The predicted octanol–water partition coefficient (Wildman–Crippen LogP) is 2.59. The number of alkyl halides is 3. The van der Waals surface area contributed by atoms with E-state index in [4.69, 9.17) is 0 Å². The summed E-state index contributed by atoms with van der Waals surface area (Å²) >= 11 is 0. The highest BCUT2D eigenvalue weighted by Gasteiger charge is 2.33. The van der Waals surface area contributed by atoms with Crippen LogP contribution in [0.4, 0.5) is 13.2 Å². The van der Waals surface area contributed by atoms with Crippen LogP contribution in [0.5, 0.6) is 0 Å². The number of hydrogen-bond donors (Lipinski definition) is 0. The Kier molecular flexibility index (Phi) is 2.31. The summed E-state index contributed by atoms with van der Waals surface area (Å²) in [7, 11) is 0. The van der Waals surface area contributed by atoms with Gasteiger partial charge in [-0.3, -0.25) is 0 Å². The molecule has 0 N–H and O–H groups in total. The lowest BCUT2D eigenvalue weighted by Crippen LogP contribution is -2.18. The molecular weight excluding hydrogens is 117 g/mol. The van der Waals surface area contributed by atoms with E-state index >= 15 is 0 Å². The molecule has 0 rings (SSSR count). The molecule has 0 amide bonds. The van der Waals surface area contributed by atoms with E-state index in [9.17, 15) is 13.2 Å². The third-order valence-corrected chi connectivity index (χ3v) is 1.17. The largest absolute Gasteiger partial charge is 0.391 e. The molecule has 0 aliphatic carbocycles. The Bertz CT molecular complexity index is 64.6. The zero-order valence-corrected chi connectivity index (χ0v) is 4.92. The summed E-state index contributed by atoms with van der Waals surface area (Å²) < 4.78 is 34.3. The SMILES string of the molecule is CC[C@H](C)C(F)(F)F. The van der Waals surface area contributed by atoms with Gasteiger partial charge in [-0.2, -0.15) is 13.2 Å². The van der Waals surface area contributed by atoms with Crippen molar-refractivity contribution in [1.82, 2.24) is 0 Å². The van der Waals surface area contributed by atoms with Crippen LogP contribution >= 0.6 is 0 Å². The first-order valence-corrected chi connectivity index (χ1v) is 2.55. The molecule has 8 heavy (non-hydrogen) atoms. The Morgan fingerprint density at radius 2 is 1.75 bits per heavy atom. The number of halogens is 3. The molecule has 0 saturated heterocycles. The van der Waals surface area contributed by atoms with Crippen molar-refractivity contribution >= 4 is 0 Å². The smallest absolute Gasteiger partial charge is 0.171 e. The van der Waals surface area contributed by atoms with Crippen LogP contribution in [0.2, 0.25) is 0 Å². The molecule has 0 aliphatic heterocycles. The van der Waals surface area contributed by atoms with Crippen molar-refractivity contribution in [3.8, 4) is 0 Å². The van der Waals surface area contributed by atoms with Gasteiger partial charge in [-0.1, -0.05) is 13.8 Å². The molecule has 0 fully saturated rings. The first-order chi connectivity index (χ1) is 3.48. The summed E-state index contributed by atoms with van der Waals surface area (Å²) in [4.78, 5) is 0. The summed E-state index contributed by atoms with van der Waals surface area (Å²) in [6, 6.07) is 0. The van der Waals surface area contributed by atoms with Crippen LogP contribution < -0.4 is 0 Å². The monoisotopic (exact) mass is 126 g/mol. The van der Waals surface area contributed by atoms with Gasteiger partial charge in [0.25, 0.3) is 0 Å². The molecule has 0 radical (unpaired) electrons. The van der Waals surface area contributed by atoms with Crippen molar-refractivity contribution in [2.45, 2.75) is 26.4 Å². The summed E-state index contributed by atoms with van der Waals surface area (Å²) in [6.07, 6.45) is -3.82. The maximum Gasteiger partial charge on any atom is 0.391 e. The van der Waals surface area contributed by atoms with E-state index in [0.29, 0.717) is 0 Å².